The summed E-state index contributed by atoms with van der Waals surface area (Å²) >= 11 is 1.46. The molecule has 2 aromatic carbocycles. The van der Waals surface area contributed by atoms with E-state index < -0.39 is 12.2 Å². The maximum Gasteiger partial charge on any atom is 0.416 e. The summed E-state index contributed by atoms with van der Waals surface area (Å²) in [5.74, 6) is 0. The Balaban J connectivity index is 1.25. The third-order valence-corrected chi connectivity index (χ3v) is 6.67. The van der Waals surface area contributed by atoms with E-state index in [-0.39, 0.29) is 0 Å². The molecule has 0 radical (unpaired) electrons. The number of benzene rings is 2. The van der Waals surface area contributed by atoms with E-state index in [0.717, 1.165) is 53.0 Å². The molecule has 1 aliphatic rings. The van der Waals surface area contributed by atoms with Gasteiger partial charge in [-0.25, -0.2) is 14.8 Å². The first-order valence-corrected chi connectivity index (χ1v) is 11.5. The summed E-state index contributed by atoms with van der Waals surface area (Å²) in [5.41, 5.74) is 6.28. The summed E-state index contributed by atoms with van der Waals surface area (Å²) in [4.78, 5) is 23.4. The van der Waals surface area contributed by atoms with E-state index in [2.05, 4.69) is 26.7 Å². The molecule has 7 heteroatoms. The van der Waals surface area contributed by atoms with E-state index in [9.17, 15) is 4.79 Å². The number of carbonyl (C=O) groups excluding carboxylic acids is 1. The van der Waals surface area contributed by atoms with Crippen molar-refractivity contribution in [1.82, 2.24) is 14.5 Å². The molecule has 2 heterocycles. The van der Waals surface area contributed by atoms with Crippen LogP contribution >= 0.6 is 11.3 Å². The molecule has 6 nitrogen and oxygen atoms in total. The van der Waals surface area contributed by atoms with E-state index >= 15 is 0 Å². The molecule has 0 spiro atoms. The first-order chi connectivity index (χ1) is 15.6. The number of rotatable bonds is 6. The number of hydrogen-bond acceptors (Lipinski definition) is 5. The number of nitrogens with zero attached hydrogens (tertiary/aromatic N) is 4. The zero-order valence-electron chi connectivity index (χ0n) is 18.1. The molecular weight excluding hydrogens is 420 g/mol. The molecule has 1 aliphatic carbocycles. The lowest BCUT2D eigenvalue weighted by Gasteiger charge is -2.19. The Morgan fingerprint density at radius 1 is 1.12 bits per heavy atom. The SMILES string of the molecule is Cc1cn(CCCc2csc(N(C)C(=O)OC3c4ccccc4-c4ccccc43)n2)cn1. The number of imidazole rings is 1. The second-order valence-corrected chi connectivity index (χ2v) is 8.81. The van der Waals surface area contributed by atoms with Crippen molar-refractivity contribution < 1.29 is 9.53 Å². The highest BCUT2D eigenvalue weighted by molar-refractivity contribution is 7.14. The lowest BCUT2D eigenvalue weighted by molar-refractivity contribution is 0.127. The maximum absolute atomic E-state index is 13.0. The van der Waals surface area contributed by atoms with E-state index in [1.54, 1.807) is 7.05 Å². The van der Waals surface area contributed by atoms with Gasteiger partial charge in [-0.05, 0) is 30.9 Å². The van der Waals surface area contributed by atoms with Crippen LogP contribution in [-0.4, -0.2) is 27.7 Å². The molecule has 0 saturated heterocycles. The van der Waals surface area contributed by atoms with Crippen LogP contribution in [0.3, 0.4) is 0 Å². The van der Waals surface area contributed by atoms with Gasteiger partial charge in [0.1, 0.15) is 0 Å². The molecule has 0 saturated carbocycles. The van der Waals surface area contributed by atoms with Gasteiger partial charge in [0.25, 0.3) is 0 Å². The molecular formula is C25H24N4O2S. The number of fused-ring (bicyclic) bond motifs is 3. The fourth-order valence-electron chi connectivity index (χ4n) is 4.10. The topological polar surface area (TPSA) is 60.2 Å². The predicted octanol–water partition coefficient (Wildman–Crippen LogP) is 5.62. The monoisotopic (exact) mass is 444 g/mol. The largest absolute Gasteiger partial charge is 0.436 e. The Hall–Kier alpha value is -3.45. The van der Waals surface area contributed by atoms with Gasteiger partial charge >= 0.3 is 6.09 Å². The molecule has 0 unspecified atom stereocenters. The number of anilines is 1. The van der Waals surface area contributed by atoms with Gasteiger partial charge in [-0.2, -0.15) is 0 Å². The summed E-state index contributed by atoms with van der Waals surface area (Å²) in [6.07, 6.45) is 4.88. The van der Waals surface area contributed by atoms with Crippen molar-refractivity contribution in [2.45, 2.75) is 32.4 Å². The van der Waals surface area contributed by atoms with Crippen molar-refractivity contribution in [1.29, 1.82) is 0 Å². The Kier molecular flexibility index (Phi) is 5.49. The van der Waals surface area contributed by atoms with Gasteiger partial charge < -0.3 is 9.30 Å². The first kappa shape index (κ1) is 20.5. The number of ether oxygens (including phenoxy) is 1. The highest BCUT2D eigenvalue weighted by Gasteiger charge is 2.32. The van der Waals surface area contributed by atoms with Gasteiger partial charge in [0, 0.05) is 36.3 Å². The van der Waals surface area contributed by atoms with Crippen molar-refractivity contribution in [2.75, 3.05) is 11.9 Å². The van der Waals surface area contributed by atoms with Gasteiger partial charge in [0.2, 0.25) is 0 Å². The van der Waals surface area contributed by atoms with Gasteiger partial charge in [0.15, 0.2) is 11.2 Å². The van der Waals surface area contributed by atoms with Crippen LogP contribution in [0.5, 0.6) is 0 Å². The summed E-state index contributed by atoms with van der Waals surface area (Å²) in [7, 11) is 1.71. The van der Waals surface area contributed by atoms with Crippen LogP contribution in [0.4, 0.5) is 9.93 Å². The lowest BCUT2D eigenvalue weighted by Crippen LogP contribution is -2.28. The standard InChI is InChI=1S/C25H24N4O2S/c1-17-14-29(16-26-17)13-7-8-18-15-32-24(27-18)28(2)25(30)31-23-21-11-5-3-9-19(21)20-10-4-6-12-22(20)23/h3-6,9-12,14-16,23H,7-8,13H2,1-2H3. The minimum atomic E-state index is -0.407. The highest BCUT2D eigenvalue weighted by Crippen LogP contribution is 2.45. The Morgan fingerprint density at radius 2 is 1.81 bits per heavy atom. The average Bonchev–Trinajstić information content (AvgIpc) is 3.52. The molecule has 1 amide bonds. The van der Waals surface area contributed by atoms with Gasteiger partial charge in [0.05, 0.1) is 17.7 Å². The summed E-state index contributed by atoms with van der Waals surface area (Å²) in [5, 5.41) is 2.65. The van der Waals surface area contributed by atoms with E-state index in [0.29, 0.717) is 5.13 Å². The normalized spacial score (nSPS) is 12.4. The number of aromatic nitrogens is 3. The van der Waals surface area contributed by atoms with Crippen LogP contribution in [0, 0.1) is 6.92 Å². The van der Waals surface area contributed by atoms with E-state index in [4.69, 9.17) is 4.74 Å². The summed E-state index contributed by atoms with van der Waals surface area (Å²) < 4.78 is 8.06. The van der Waals surface area contributed by atoms with Gasteiger partial charge in [-0.3, -0.25) is 4.90 Å². The third-order valence-electron chi connectivity index (χ3n) is 5.71. The van der Waals surface area contributed by atoms with Crippen LogP contribution in [-0.2, 0) is 17.7 Å². The Labute approximate surface area is 191 Å². The molecule has 162 valence electrons. The second kappa shape index (κ2) is 8.59. The van der Waals surface area contributed by atoms with Crippen molar-refractivity contribution in [3.63, 3.8) is 0 Å². The molecule has 0 atom stereocenters. The maximum atomic E-state index is 13.0. The molecule has 2 aromatic heterocycles. The van der Waals surface area contributed by atoms with Crippen LogP contribution < -0.4 is 4.90 Å². The fourth-order valence-corrected chi connectivity index (χ4v) is 4.91. The van der Waals surface area contributed by atoms with Crippen molar-refractivity contribution in [2.24, 2.45) is 0 Å². The minimum Gasteiger partial charge on any atom is -0.436 e. The molecule has 0 aliphatic heterocycles. The number of aryl methyl sites for hydroxylation is 3. The average molecular weight is 445 g/mol. The van der Waals surface area contributed by atoms with Crippen LogP contribution in [0.15, 0.2) is 66.4 Å². The summed E-state index contributed by atoms with van der Waals surface area (Å²) in [6.45, 7) is 2.88. The Morgan fingerprint density at radius 3 is 2.47 bits per heavy atom. The molecule has 4 aromatic rings. The highest BCUT2D eigenvalue weighted by atomic mass is 32.1. The third kappa shape index (κ3) is 3.91. The number of amides is 1. The predicted molar refractivity (Wildman–Crippen MR) is 126 cm³/mol. The lowest BCUT2D eigenvalue weighted by atomic mass is 10.1. The first-order valence-electron chi connectivity index (χ1n) is 10.7. The molecule has 5 rings (SSSR count). The second-order valence-electron chi connectivity index (χ2n) is 7.98. The number of thiazole rings is 1. The zero-order valence-corrected chi connectivity index (χ0v) is 18.9. The zero-order chi connectivity index (χ0) is 22.1. The fraction of sp³-hybridized carbons (Fsp3) is 0.240. The molecule has 0 bridgehead atoms. The van der Waals surface area contributed by atoms with Crippen molar-refractivity contribution in [3.05, 3.63) is 88.9 Å². The molecule has 32 heavy (non-hydrogen) atoms. The number of carbonyl (C=O) groups is 1. The number of hydrogen-bond donors (Lipinski definition) is 0. The Bertz CT molecular complexity index is 1220. The quantitative estimate of drug-likeness (QED) is 0.387. The van der Waals surface area contributed by atoms with Crippen molar-refractivity contribution in [3.8, 4) is 11.1 Å². The minimum absolute atomic E-state index is 0.406. The molecule has 0 N–H and O–H groups in total. The van der Waals surface area contributed by atoms with Crippen LogP contribution in [0.1, 0.15) is 35.0 Å². The van der Waals surface area contributed by atoms with Gasteiger partial charge in [-0.15, -0.1) is 11.3 Å². The van der Waals surface area contributed by atoms with E-state index in [1.807, 2.05) is 61.2 Å². The summed E-state index contributed by atoms with van der Waals surface area (Å²) in [6, 6.07) is 16.2. The van der Waals surface area contributed by atoms with Gasteiger partial charge in [-0.1, -0.05) is 48.5 Å². The smallest absolute Gasteiger partial charge is 0.416 e. The van der Waals surface area contributed by atoms with E-state index in [1.165, 1.54) is 16.2 Å². The van der Waals surface area contributed by atoms with Crippen LogP contribution in [0.2, 0.25) is 0 Å². The molecule has 0 fully saturated rings. The van der Waals surface area contributed by atoms with Crippen molar-refractivity contribution >= 4 is 22.6 Å². The van der Waals surface area contributed by atoms with Crippen LogP contribution in [0.25, 0.3) is 11.1 Å².